The fourth-order valence-corrected chi connectivity index (χ4v) is 2.46. The number of benzene rings is 1. The quantitative estimate of drug-likeness (QED) is 0.886. The number of fused-ring (bicyclic) bond motifs is 1. The zero-order valence-corrected chi connectivity index (χ0v) is 12.0. The Kier molecular flexibility index (Phi) is 4.01. The van der Waals surface area contributed by atoms with Crippen LogP contribution in [0.1, 0.15) is 18.5 Å². The van der Waals surface area contributed by atoms with Crippen LogP contribution in [0.5, 0.6) is 0 Å². The normalized spacial score (nSPS) is 14.9. The summed E-state index contributed by atoms with van der Waals surface area (Å²) >= 11 is 0. The van der Waals surface area contributed by atoms with E-state index in [0.717, 1.165) is 22.3 Å². The maximum Gasteiger partial charge on any atom is 0.255 e. The van der Waals surface area contributed by atoms with E-state index in [9.17, 15) is 8.78 Å². The van der Waals surface area contributed by atoms with E-state index < -0.39 is 6.43 Å². The van der Waals surface area contributed by atoms with Gasteiger partial charge in [0.05, 0.1) is 17.8 Å². The predicted octanol–water partition coefficient (Wildman–Crippen LogP) is 3.19. The van der Waals surface area contributed by atoms with E-state index in [0.29, 0.717) is 12.6 Å². The molecular weight excluding hydrogens is 272 g/mol. The summed E-state index contributed by atoms with van der Waals surface area (Å²) in [5.41, 5.74) is 2.56. The Labute approximate surface area is 123 Å². The molecule has 1 saturated carbocycles. The molecule has 1 aromatic heterocycles. The van der Waals surface area contributed by atoms with Crippen molar-refractivity contribution in [3.8, 4) is 0 Å². The number of nitrogens with one attached hydrogen (secondary N) is 1. The zero-order chi connectivity index (χ0) is 14.8. The summed E-state index contributed by atoms with van der Waals surface area (Å²) in [7, 11) is 1.70. The Morgan fingerprint density at radius 3 is 2.81 bits per heavy atom. The van der Waals surface area contributed by atoms with Crippen LogP contribution in [0.2, 0.25) is 0 Å². The van der Waals surface area contributed by atoms with E-state index in [1.54, 1.807) is 11.9 Å². The molecule has 1 aromatic carbocycles. The molecule has 2 aromatic rings. The van der Waals surface area contributed by atoms with Crippen molar-refractivity contribution in [3.63, 3.8) is 0 Å². The highest BCUT2D eigenvalue weighted by Gasteiger charge is 2.20. The van der Waals surface area contributed by atoms with E-state index in [1.165, 1.54) is 12.8 Å². The van der Waals surface area contributed by atoms with Crippen molar-refractivity contribution >= 4 is 16.6 Å². The van der Waals surface area contributed by atoms with Gasteiger partial charge in [-0.25, -0.2) is 8.78 Å². The van der Waals surface area contributed by atoms with E-state index in [4.69, 9.17) is 0 Å². The lowest BCUT2D eigenvalue weighted by Gasteiger charge is -2.21. The molecule has 0 saturated heterocycles. The second-order valence-electron chi connectivity index (χ2n) is 5.58. The monoisotopic (exact) mass is 291 g/mol. The van der Waals surface area contributed by atoms with Crippen molar-refractivity contribution in [1.29, 1.82) is 0 Å². The van der Waals surface area contributed by atoms with Gasteiger partial charge in [0.2, 0.25) is 0 Å². The van der Waals surface area contributed by atoms with Crippen LogP contribution in [0, 0.1) is 0 Å². The van der Waals surface area contributed by atoms with Crippen LogP contribution in [0.3, 0.4) is 0 Å². The highest BCUT2D eigenvalue weighted by Crippen LogP contribution is 2.27. The molecule has 1 fully saturated rings. The third-order valence-corrected chi connectivity index (χ3v) is 3.72. The lowest BCUT2D eigenvalue weighted by molar-refractivity contribution is 0.156. The second kappa shape index (κ2) is 5.93. The van der Waals surface area contributed by atoms with Crippen molar-refractivity contribution in [2.24, 2.45) is 0 Å². The van der Waals surface area contributed by atoms with Gasteiger partial charge < -0.3 is 10.2 Å². The fraction of sp³-hybridized carbons (Fsp3) is 0.438. The molecule has 3 nitrogen and oxygen atoms in total. The molecule has 0 unspecified atom stereocenters. The number of para-hydroxylation sites is 1. The van der Waals surface area contributed by atoms with Gasteiger partial charge in [0.25, 0.3) is 6.43 Å². The molecule has 0 spiro atoms. The lowest BCUT2D eigenvalue weighted by atomic mass is 10.1. The van der Waals surface area contributed by atoms with Gasteiger partial charge in [0.1, 0.15) is 0 Å². The lowest BCUT2D eigenvalue weighted by Crippen LogP contribution is -2.25. The Morgan fingerprint density at radius 2 is 2.10 bits per heavy atom. The van der Waals surface area contributed by atoms with Crippen molar-refractivity contribution in [3.05, 3.63) is 36.0 Å². The number of rotatable bonds is 6. The third kappa shape index (κ3) is 3.47. The van der Waals surface area contributed by atoms with Crippen molar-refractivity contribution in [2.75, 3.05) is 18.5 Å². The zero-order valence-electron chi connectivity index (χ0n) is 12.0. The molecule has 0 atom stereocenters. The van der Waals surface area contributed by atoms with Gasteiger partial charge in [-0.05, 0) is 25.0 Å². The third-order valence-electron chi connectivity index (χ3n) is 3.72. The van der Waals surface area contributed by atoms with Crippen molar-refractivity contribution < 1.29 is 8.78 Å². The van der Waals surface area contributed by atoms with Gasteiger partial charge >= 0.3 is 0 Å². The molecule has 112 valence electrons. The van der Waals surface area contributed by atoms with E-state index in [2.05, 4.69) is 10.3 Å². The summed E-state index contributed by atoms with van der Waals surface area (Å²) in [5.74, 6) is 0. The molecule has 21 heavy (non-hydrogen) atoms. The van der Waals surface area contributed by atoms with Gasteiger partial charge in [-0.3, -0.25) is 4.98 Å². The van der Waals surface area contributed by atoms with Gasteiger partial charge in [0, 0.05) is 30.7 Å². The number of hydrogen-bond donors (Lipinski definition) is 1. The van der Waals surface area contributed by atoms with Gasteiger partial charge in [-0.15, -0.1) is 0 Å². The topological polar surface area (TPSA) is 28.2 Å². The maximum absolute atomic E-state index is 12.7. The fourth-order valence-electron chi connectivity index (χ4n) is 2.46. The first-order chi connectivity index (χ1) is 10.1. The highest BCUT2D eigenvalue weighted by molar-refractivity contribution is 5.91. The van der Waals surface area contributed by atoms with E-state index >= 15 is 0 Å². The summed E-state index contributed by atoms with van der Waals surface area (Å²) in [4.78, 5) is 6.23. The average Bonchev–Trinajstić information content (AvgIpc) is 3.27. The molecule has 5 heteroatoms. The number of hydrogen-bond acceptors (Lipinski definition) is 3. The number of halogens is 2. The van der Waals surface area contributed by atoms with Crippen LogP contribution < -0.4 is 10.2 Å². The summed E-state index contributed by atoms with van der Waals surface area (Å²) in [6.45, 7) is 0.411. The average molecular weight is 291 g/mol. The molecule has 0 aliphatic heterocycles. The van der Waals surface area contributed by atoms with Crippen molar-refractivity contribution in [1.82, 2.24) is 10.3 Å². The number of nitrogens with zero attached hydrogens (tertiary/aromatic N) is 2. The number of anilines is 1. The molecule has 0 radical (unpaired) electrons. The Hall–Kier alpha value is -1.75. The van der Waals surface area contributed by atoms with Crippen LogP contribution >= 0.6 is 0 Å². The Morgan fingerprint density at radius 1 is 1.33 bits per heavy atom. The first kappa shape index (κ1) is 14.2. The molecule has 0 amide bonds. The van der Waals surface area contributed by atoms with Crippen LogP contribution in [0.25, 0.3) is 10.9 Å². The van der Waals surface area contributed by atoms with Gasteiger partial charge in [0.15, 0.2) is 0 Å². The first-order valence-corrected chi connectivity index (χ1v) is 7.25. The van der Waals surface area contributed by atoms with E-state index in [1.807, 2.05) is 30.3 Å². The van der Waals surface area contributed by atoms with Crippen LogP contribution in [0.15, 0.2) is 30.3 Å². The first-order valence-electron chi connectivity index (χ1n) is 7.25. The molecular formula is C16H19F2N3. The molecule has 1 N–H and O–H groups in total. The summed E-state index contributed by atoms with van der Waals surface area (Å²) in [6.07, 6.45) is 0.0761. The second-order valence-corrected chi connectivity index (χ2v) is 5.58. The molecule has 0 bridgehead atoms. The smallest absolute Gasteiger partial charge is 0.255 e. The Bertz CT molecular complexity index is 626. The molecule has 3 rings (SSSR count). The van der Waals surface area contributed by atoms with E-state index in [-0.39, 0.29) is 6.54 Å². The minimum Gasteiger partial charge on any atom is -0.368 e. The van der Waals surface area contributed by atoms with Crippen LogP contribution in [-0.4, -0.2) is 31.0 Å². The maximum atomic E-state index is 12.7. The predicted molar refractivity (Wildman–Crippen MR) is 80.9 cm³/mol. The summed E-state index contributed by atoms with van der Waals surface area (Å²) < 4.78 is 25.3. The van der Waals surface area contributed by atoms with Crippen LogP contribution in [-0.2, 0) is 6.54 Å². The minimum absolute atomic E-state index is 0.274. The standard InChI is InChI=1S/C16H19F2N3/c1-21(10-16(17)18)15-8-12(9-19-11-6-7-11)20-14-5-3-2-4-13(14)15/h2-5,8,11,16,19H,6-7,9-10H2,1H3. The summed E-state index contributed by atoms with van der Waals surface area (Å²) in [6, 6.07) is 10.2. The largest absolute Gasteiger partial charge is 0.368 e. The molecule has 1 aliphatic rings. The van der Waals surface area contributed by atoms with Gasteiger partial charge in [-0.1, -0.05) is 18.2 Å². The number of aromatic nitrogens is 1. The number of alkyl halides is 2. The van der Waals surface area contributed by atoms with Crippen LogP contribution in [0.4, 0.5) is 14.5 Å². The summed E-state index contributed by atoms with van der Waals surface area (Å²) in [5, 5.41) is 4.33. The SMILES string of the molecule is CN(CC(F)F)c1cc(CNC2CC2)nc2ccccc12. The Balaban J connectivity index is 1.93. The molecule has 1 heterocycles. The van der Waals surface area contributed by atoms with Crippen molar-refractivity contribution in [2.45, 2.75) is 31.9 Å². The number of pyridine rings is 1. The van der Waals surface area contributed by atoms with Gasteiger partial charge in [-0.2, -0.15) is 0 Å². The highest BCUT2D eigenvalue weighted by atomic mass is 19.3. The molecule has 1 aliphatic carbocycles. The minimum atomic E-state index is -2.35.